The van der Waals surface area contributed by atoms with E-state index in [1.165, 1.54) is 0 Å². The molecule has 2 aromatic rings. The Balaban J connectivity index is 0.00000192. The predicted octanol–water partition coefficient (Wildman–Crippen LogP) is 1.02. The highest BCUT2D eigenvalue weighted by atomic mass is 35.5. The van der Waals surface area contributed by atoms with Crippen molar-refractivity contribution in [1.29, 1.82) is 0 Å². The summed E-state index contributed by atoms with van der Waals surface area (Å²) in [6.45, 7) is 5.40. The van der Waals surface area contributed by atoms with E-state index in [1.807, 2.05) is 30.0 Å². The first kappa shape index (κ1) is 17.7. The fourth-order valence-electron chi connectivity index (χ4n) is 2.51. The van der Waals surface area contributed by atoms with Crippen LogP contribution in [-0.2, 0) is 0 Å². The third-order valence-corrected chi connectivity index (χ3v) is 4.66. The molecule has 0 radical (unpaired) electrons. The van der Waals surface area contributed by atoms with Crippen LogP contribution in [-0.4, -0.2) is 35.0 Å². The lowest BCUT2D eigenvalue weighted by Crippen LogP contribution is -3.00. The minimum Gasteiger partial charge on any atom is -1.00 e. The van der Waals surface area contributed by atoms with Gasteiger partial charge in [-0.1, -0.05) is 42.1 Å². The van der Waals surface area contributed by atoms with Crippen LogP contribution in [0.15, 0.2) is 54.6 Å². The Hall–Kier alpha value is -1.65. The second kappa shape index (κ2) is 8.85. The first-order chi connectivity index (χ1) is 10.8. The van der Waals surface area contributed by atoms with E-state index in [2.05, 4.69) is 64.1 Å². The van der Waals surface area contributed by atoms with Crippen LogP contribution < -0.4 is 23.0 Å². The van der Waals surface area contributed by atoms with E-state index in [4.69, 9.17) is 0 Å². The van der Waals surface area contributed by atoms with Gasteiger partial charge >= 0.3 is 0 Å². The van der Waals surface area contributed by atoms with Gasteiger partial charge in [-0.2, -0.15) is 0 Å². The molecule has 3 nitrogen and oxygen atoms in total. The number of thioether (sulfide) groups is 1. The molecule has 1 unspecified atom stereocenters. The normalized spacial score (nSPS) is 16.4. The van der Waals surface area contributed by atoms with E-state index in [9.17, 15) is 0 Å². The van der Waals surface area contributed by atoms with Gasteiger partial charge in [0, 0.05) is 5.69 Å². The van der Waals surface area contributed by atoms with Crippen molar-refractivity contribution < 1.29 is 17.0 Å². The molecule has 0 bridgehead atoms. The largest absolute Gasteiger partial charge is 1.00 e. The van der Waals surface area contributed by atoms with Crippen molar-refractivity contribution >= 4 is 34.4 Å². The van der Waals surface area contributed by atoms with Crippen LogP contribution in [0.2, 0.25) is 0 Å². The molecule has 2 aromatic carbocycles. The zero-order chi connectivity index (χ0) is 15.2. The summed E-state index contributed by atoms with van der Waals surface area (Å²) < 4.78 is 2.38. The van der Waals surface area contributed by atoms with Crippen LogP contribution >= 0.6 is 11.8 Å². The molecule has 3 rings (SSSR count). The van der Waals surface area contributed by atoms with Gasteiger partial charge in [-0.25, -0.2) is 4.58 Å². The standard InChI is InChI=1S/C18H22N3S.ClH/c1-15-13-21(14-22-15)12-11-19-17-9-5-6-10-18(17)20-16-7-3-2-4-8-16;/h2-10,14-15,19-20H,11-13H2,1H3;1H/q+1;/p-1. The average molecular weight is 348 g/mol. The minimum atomic E-state index is 0. The highest BCUT2D eigenvalue weighted by Crippen LogP contribution is 2.24. The molecular weight excluding hydrogens is 326 g/mol. The van der Waals surface area contributed by atoms with Crippen LogP contribution in [0.5, 0.6) is 0 Å². The maximum absolute atomic E-state index is 3.54. The Bertz CT molecular complexity index is 646. The highest BCUT2D eigenvalue weighted by Gasteiger charge is 2.18. The fraction of sp³-hybridized carbons (Fsp3) is 0.278. The Morgan fingerprint density at radius 2 is 1.74 bits per heavy atom. The van der Waals surface area contributed by atoms with E-state index in [-0.39, 0.29) is 12.4 Å². The van der Waals surface area contributed by atoms with E-state index in [0.717, 1.165) is 36.7 Å². The van der Waals surface area contributed by atoms with Crippen molar-refractivity contribution in [1.82, 2.24) is 0 Å². The molecule has 2 N–H and O–H groups in total. The van der Waals surface area contributed by atoms with Gasteiger partial charge in [-0.05, 0) is 31.2 Å². The van der Waals surface area contributed by atoms with E-state index < -0.39 is 0 Å². The smallest absolute Gasteiger partial charge is 0.198 e. The minimum absolute atomic E-state index is 0. The number of para-hydroxylation sites is 3. The van der Waals surface area contributed by atoms with Crippen LogP contribution in [0, 0.1) is 0 Å². The van der Waals surface area contributed by atoms with Gasteiger partial charge in [0.15, 0.2) is 18.6 Å². The van der Waals surface area contributed by atoms with Crippen molar-refractivity contribution in [2.75, 3.05) is 30.3 Å². The second-order valence-corrected chi connectivity index (χ2v) is 6.80. The first-order valence-electron chi connectivity index (χ1n) is 7.69. The molecule has 0 amide bonds. The maximum Gasteiger partial charge on any atom is 0.198 e. The topological polar surface area (TPSA) is 27.1 Å². The molecule has 1 aliphatic rings. The third-order valence-electron chi connectivity index (χ3n) is 3.63. The fourth-order valence-corrected chi connectivity index (χ4v) is 3.36. The summed E-state index contributed by atoms with van der Waals surface area (Å²) in [7, 11) is 0. The number of anilines is 3. The molecule has 0 fully saturated rings. The van der Waals surface area contributed by atoms with Gasteiger partial charge in [-0.3, -0.25) is 0 Å². The zero-order valence-electron chi connectivity index (χ0n) is 13.2. The summed E-state index contributed by atoms with van der Waals surface area (Å²) in [5, 5.41) is 7.73. The number of nitrogens with zero attached hydrogens (tertiary/aromatic N) is 1. The molecular formula is C18H22ClN3S. The Labute approximate surface area is 148 Å². The van der Waals surface area contributed by atoms with Crippen LogP contribution in [0.3, 0.4) is 0 Å². The van der Waals surface area contributed by atoms with Crippen molar-refractivity contribution in [3.8, 4) is 0 Å². The molecule has 0 saturated carbocycles. The van der Waals surface area contributed by atoms with E-state index in [0.29, 0.717) is 5.25 Å². The second-order valence-electron chi connectivity index (χ2n) is 5.51. The van der Waals surface area contributed by atoms with Crippen molar-refractivity contribution in [2.45, 2.75) is 12.2 Å². The van der Waals surface area contributed by atoms with E-state index >= 15 is 0 Å². The Morgan fingerprint density at radius 3 is 2.43 bits per heavy atom. The summed E-state index contributed by atoms with van der Waals surface area (Å²) in [4.78, 5) is 0. The highest BCUT2D eigenvalue weighted by molar-refractivity contribution is 8.12. The summed E-state index contributed by atoms with van der Waals surface area (Å²) in [5.41, 5.74) is 5.61. The van der Waals surface area contributed by atoms with Crippen molar-refractivity contribution in [3.63, 3.8) is 0 Å². The van der Waals surface area contributed by atoms with Crippen molar-refractivity contribution in [2.24, 2.45) is 0 Å². The zero-order valence-corrected chi connectivity index (χ0v) is 14.8. The molecule has 0 aromatic heterocycles. The SMILES string of the molecule is CC1C[N+](CCNc2ccccc2Nc2ccccc2)=CS1.[Cl-]. The third kappa shape index (κ3) is 5.19. The lowest BCUT2D eigenvalue weighted by molar-refractivity contribution is -0.513. The van der Waals surface area contributed by atoms with E-state index in [1.54, 1.807) is 0 Å². The monoisotopic (exact) mass is 347 g/mol. The molecule has 5 heteroatoms. The van der Waals surface area contributed by atoms with Gasteiger partial charge in [0.25, 0.3) is 0 Å². The lowest BCUT2D eigenvalue weighted by atomic mass is 10.2. The summed E-state index contributed by atoms with van der Waals surface area (Å²) >= 11 is 1.92. The molecule has 0 spiro atoms. The molecule has 1 aliphatic heterocycles. The molecule has 1 heterocycles. The number of nitrogens with one attached hydrogen (secondary N) is 2. The average Bonchev–Trinajstić information content (AvgIpc) is 2.95. The van der Waals surface area contributed by atoms with Crippen LogP contribution in [0.25, 0.3) is 0 Å². The number of benzene rings is 2. The van der Waals surface area contributed by atoms with Gasteiger partial charge in [0.2, 0.25) is 0 Å². The maximum atomic E-state index is 3.54. The van der Waals surface area contributed by atoms with Crippen LogP contribution in [0.1, 0.15) is 6.92 Å². The quantitative estimate of drug-likeness (QED) is 0.764. The number of hydrogen-bond acceptors (Lipinski definition) is 3. The Morgan fingerprint density at radius 1 is 1.04 bits per heavy atom. The number of halogens is 1. The van der Waals surface area contributed by atoms with Crippen LogP contribution in [0.4, 0.5) is 17.1 Å². The lowest BCUT2D eigenvalue weighted by Gasteiger charge is -2.13. The summed E-state index contributed by atoms with van der Waals surface area (Å²) in [6, 6.07) is 18.6. The molecule has 0 saturated heterocycles. The van der Waals surface area contributed by atoms with Crippen molar-refractivity contribution in [3.05, 3.63) is 54.6 Å². The van der Waals surface area contributed by atoms with Gasteiger partial charge < -0.3 is 23.0 Å². The first-order valence-corrected chi connectivity index (χ1v) is 8.63. The predicted molar refractivity (Wildman–Crippen MR) is 97.8 cm³/mol. The Kier molecular flexibility index (Phi) is 6.81. The summed E-state index contributed by atoms with van der Waals surface area (Å²) in [6.07, 6.45) is 0. The number of hydrogen-bond donors (Lipinski definition) is 2. The van der Waals surface area contributed by atoms with Gasteiger partial charge in [-0.15, -0.1) is 0 Å². The molecule has 1 atom stereocenters. The number of rotatable bonds is 6. The molecule has 0 aliphatic carbocycles. The summed E-state index contributed by atoms with van der Waals surface area (Å²) in [5.74, 6) is 0. The van der Waals surface area contributed by atoms with Gasteiger partial charge in [0.1, 0.15) is 0 Å². The molecule has 122 valence electrons. The van der Waals surface area contributed by atoms with Gasteiger partial charge in [0.05, 0.1) is 23.2 Å². The molecule has 23 heavy (non-hydrogen) atoms.